The molecule has 29 heavy (non-hydrogen) atoms. The largest absolute Gasteiger partial charge is 0.497 e. The van der Waals surface area contributed by atoms with Crippen molar-refractivity contribution in [2.24, 2.45) is 5.92 Å². The Morgan fingerprint density at radius 3 is 2.41 bits per heavy atom. The van der Waals surface area contributed by atoms with E-state index in [-0.39, 0.29) is 29.7 Å². The highest BCUT2D eigenvalue weighted by atomic mass is 16.5. The maximum absolute atomic E-state index is 12.7. The number of methoxy groups -OCH3 is 1. The highest BCUT2D eigenvalue weighted by molar-refractivity contribution is 5.94. The first-order chi connectivity index (χ1) is 13.7. The molecule has 0 spiro atoms. The number of aromatic nitrogens is 2. The zero-order valence-electron chi connectivity index (χ0n) is 17.9. The number of rotatable bonds is 7. The standard InChI is InChI=1S/C22H30N4O3/c1-6-25(21(28)15-7-8-15)14-20(27)23-19-13-18(22(2,3)4)24-26(19)16-9-11-17(29-5)12-10-16/h9-13,15H,6-8,14H2,1-5H3,(H,23,27). The predicted molar refractivity (Wildman–Crippen MR) is 112 cm³/mol. The minimum absolute atomic E-state index is 0.0461. The van der Waals surface area contributed by atoms with E-state index < -0.39 is 0 Å². The van der Waals surface area contributed by atoms with Crippen molar-refractivity contribution in [3.05, 3.63) is 36.0 Å². The van der Waals surface area contributed by atoms with Gasteiger partial charge in [0.25, 0.3) is 0 Å². The van der Waals surface area contributed by atoms with Gasteiger partial charge in [-0.05, 0) is 44.0 Å². The first kappa shape index (κ1) is 20.9. The van der Waals surface area contributed by atoms with E-state index in [0.717, 1.165) is 30.0 Å². The summed E-state index contributed by atoms with van der Waals surface area (Å²) in [5.41, 5.74) is 1.51. The molecular formula is C22H30N4O3. The fourth-order valence-corrected chi connectivity index (χ4v) is 3.05. The average molecular weight is 399 g/mol. The summed E-state index contributed by atoms with van der Waals surface area (Å²) in [5, 5.41) is 7.66. The lowest BCUT2D eigenvalue weighted by atomic mass is 9.92. The van der Waals surface area contributed by atoms with Crippen molar-refractivity contribution in [3.8, 4) is 11.4 Å². The molecule has 1 aromatic heterocycles. The third-order valence-corrected chi connectivity index (χ3v) is 5.02. The normalized spacial score (nSPS) is 13.8. The molecule has 1 fully saturated rings. The third-order valence-electron chi connectivity index (χ3n) is 5.02. The highest BCUT2D eigenvalue weighted by Gasteiger charge is 2.33. The van der Waals surface area contributed by atoms with Crippen LogP contribution in [0.3, 0.4) is 0 Å². The highest BCUT2D eigenvalue weighted by Crippen LogP contribution is 2.31. The molecule has 1 heterocycles. The Labute approximate surface area is 172 Å². The van der Waals surface area contributed by atoms with Gasteiger partial charge in [-0.2, -0.15) is 5.10 Å². The van der Waals surface area contributed by atoms with Crippen molar-refractivity contribution in [2.45, 2.75) is 46.0 Å². The quantitative estimate of drug-likeness (QED) is 0.776. The molecule has 1 saturated carbocycles. The minimum Gasteiger partial charge on any atom is -0.497 e. The van der Waals surface area contributed by atoms with Crippen LogP contribution in [0.15, 0.2) is 30.3 Å². The topological polar surface area (TPSA) is 76.5 Å². The van der Waals surface area contributed by atoms with Gasteiger partial charge in [0.05, 0.1) is 25.0 Å². The number of nitrogens with one attached hydrogen (secondary N) is 1. The third kappa shape index (κ3) is 4.96. The molecule has 7 heteroatoms. The van der Waals surface area contributed by atoms with Crippen LogP contribution in [0.25, 0.3) is 5.69 Å². The molecule has 1 aliphatic carbocycles. The van der Waals surface area contributed by atoms with Crippen LogP contribution in [0.4, 0.5) is 5.82 Å². The van der Waals surface area contributed by atoms with Crippen LogP contribution in [0.2, 0.25) is 0 Å². The molecule has 0 aliphatic heterocycles. The van der Waals surface area contributed by atoms with Crippen molar-refractivity contribution in [3.63, 3.8) is 0 Å². The van der Waals surface area contributed by atoms with Gasteiger partial charge in [-0.3, -0.25) is 9.59 Å². The summed E-state index contributed by atoms with van der Waals surface area (Å²) in [6.45, 7) is 8.69. The van der Waals surface area contributed by atoms with E-state index in [1.165, 1.54) is 0 Å². The number of carbonyl (C=O) groups excluding carboxylic acids is 2. The predicted octanol–water partition coefficient (Wildman–Crippen LogP) is 3.38. The Morgan fingerprint density at radius 1 is 1.24 bits per heavy atom. The van der Waals surface area contributed by atoms with Gasteiger partial charge >= 0.3 is 0 Å². The molecule has 1 N–H and O–H groups in total. The van der Waals surface area contributed by atoms with E-state index in [1.807, 2.05) is 37.3 Å². The van der Waals surface area contributed by atoms with Crippen molar-refractivity contribution < 1.29 is 14.3 Å². The fourth-order valence-electron chi connectivity index (χ4n) is 3.05. The number of benzene rings is 1. The molecule has 1 aromatic carbocycles. The van der Waals surface area contributed by atoms with E-state index in [2.05, 4.69) is 26.1 Å². The van der Waals surface area contributed by atoms with E-state index in [1.54, 1.807) is 16.7 Å². The van der Waals surface area contributed by atoms with Gasteiger partial charge in [0, 0.05) is 23.9 Å². The Bertz CT molecular complexity index is 876. The smallest absolute Gasteiger partial charge is 0.245 e. The van der Waals surface area contributed by atoms with E-state index in [4.69, 9.17) is 9.84 Å². The lowest BCUT2D eigenvalue weighted by Crippen LogP contribution is -2.38. The van der Waals surface area contributed by atoms with Gasteiger partial charge in [-0.1, -0.05) is 20.8 Å². The number of amides is 2. The van der Waals surface area contributed by atoms with Crippen LogP contribution in [0.1, 0.15) is 46.2 Å². The second kappa shape index (κ2) is 8.27. The van der Waals surface area contributed by atoms with Crippen molar-refractivity contribution >= 4 is 17.6 Å². The molecule has 1 aliphatic rings. The molecule has 0 saturated heterocycles. The summed E-state index contributed by atoms with van der Waals surface area (Å²) >= 11 is 0. The zero-order valence-corrected chi connectivity index (χ0v) is 17.9. The second-order valence-corrected chi connectivity index (χ2v) is 8.45. The number of hydrogen-bond acceptors (Lipinski definition) is 4. The van der Waals surface area contributed by atoms with Gasteiger partial charge in [0.2, 0.25) is 11.8 Å². The van der Waals surface area contributed by atoms with Crippen LogP contribution in [0, 0.1) is 5.92 Å². The molecule has 2 amide bonds. The van der Waals surface area contributed by atoms with Gasteiger partial charge < -0.3 is 15.0 Å². The number of anilines is 1. The van der Waals surface area contributed by atoms with Crippen LogP contribution in [-0.4, -0.2) is 46.7 Å². The average Bonchev–Trinajstić information content (AvgIpc) is 3.45. The molecular weight excluding hydrogens is 368 g/mol. The van der Waals surface area contributed by atoms with Gasteiger partial charge in [0.1, 0.15) is 11.6 Å². The van der Waals surface area contributed by atoms with Crippen molar-refractivity contribution in [2.75, 3.05) is 25.5 Å². The van der Waals surface area contributed by atoms with Crippen LogP contribution in [0.5, 0.6) is 5.75 Å². The SMILES string of the molecule is CCN(CC(=O)Nc1cc(C(C)(C)C)nn1-c1ccc(OC)cc1)C(=O)C1CC1. The zero-order chi connectivity index (χ0) is 21.2. The molecule has 2 aromatic rings. The van der Waals surface area contributed by atoms with E-state index in [0.29, 0.717) is 12.4 Å². The van der Waals surface area contributed by atoms with Crippen LogP contribution < -0.4 is 10.1 Å². The molecule has 0 atom stereocenters. The van der Waals surface area contributed by atoms with Crippen LogP contribution in [-0.2, 0) is 15.0 Å². The van der Waals surface area contributed by atoms with Gasteiger partial charge in [-0.25, -0.2) is 4.68 Å². The Hall–Kier alpha value is -2.83. The molecule has 0 radical (unpaired) electrons. The van der Waals surface area contributed by atoms with E-state index in [9.17, 15) is 9.59 Å². The summed E-state index contributed by atoms with van der Waals surface area (Å²) in [6, 6.07) is 9.38. The van der Waals surface area contributed by atoms with Crippen molar-refractivity contribution in [1.82, 2.24) is 14.7 Å². The second-order valence-electron chi connectivity index (χ2n) is 8.45. The number of likely N-dealkylation sites (N-methyl/N-ethyl adjacent to an activating group) is 1. The number of nitrogens with zero attached hydrogens (tertiary/aromatic N) is 3. The maximum Gasteiger partial charge on any atom is 0.245 e. The summed E-state index contributed by atoms with van der Waals surface area (Å²) in [7, 11) is 1.62. The monoisotopic (exact) mass is 398 g/mol. The molecule has 0 unspecified atom stereocenters. The fraction of sp³-hybridized carbons (Fsp3) is 0.500. The molecule has 0 bridgehead atoms. The minimum atomic E-state index is -0.226. The molecule has 7 nitrogen and oxygen atoms in total. The Kier molecular flexibility index (Phi) is 5.96. The number of carbonyl (C=O) groups is 2. The summed E-state index contributed by atoms with van der Waals surface area (Å²) in [5.74, 6) is 1.28. The maximum atomic E-state index is 12.7. The summed E-state index contributed by atoms with van der Waals surface area (Å²) in [6.07, 6.45) is 1.85. The number of ether oxygens (including phenoxy) is 1. The first-order valence-electron chi connectivity index (χ1n) is 10.1. The molecule has 156 valence electrons. The lowest BCUT2D eigenvalue weighted by Gasteiger charge is -2.20. The van der Waals surface area contributed by atoms with Crippen LogP contribution >= 0.6 is 0 Å². The van der Waals surface area contributed by atoms with Gasteiger partial charge in [0.15, 0.2) is 0 Å². The molecule has 3 rings (SSSR count). The van der Waals surface area contributed by atoms with E-state index >= 15 is 0 Å². The van der Waals surface area contributed by atoms with Crippen molar-refractivity contribution in [1.29, 1.82) is 0 Å². The Balaban J connectivity index is 1.83. The summed E-state index contributed by atoms with van der Waals surface area (Å²) in [4.78, 5) is 26.6. The Morgan fingerprint density at radius 2 is 1.90 bits per heavy atom. The number of hydrogen-bond donors (Lipinski definition) is 1. The first-order valence-corrected chi connectivity index (χ1v) is 10.1. The summed E-state index contributed by atoms with van der Waals surface area (Å²) < 4.78 is 6.94. The lowest BCUT2D eigenvalue weighted by molar-refractivity contribution is -0.135. The van der Waals surface area contributed by atoms with Gasteiger partial charge in [-0.15, -0.1) is 0 Å².